The van der Waals surface area contributed by atoms with Crippen LogP contribution in [0.15, 0.2) is 30.6 Å². The summed E-state index contributed by atoms with van der Waals surface area (Å²) in [6, 6.07) is 6.86. The molecule has 8 heteroatoms. The van der Waals surface area contributed by atoms with Gasteiger partial charge in [0.25, 0.3) is 0 Å². The molecule has 3 rings (SSSR count). The van der Waals surface area contributed by atoms with Gasteiger partial charge in [-0.3, -0.25) is 4.79 Å². The Hall–Kier alpha value is -2.48. The fourth-order valence-corrected chi connectivity index (χ4v) is 2.80. The van der Waals surface area contributed by atoms with Crippen molar-refractivity contribution in [2.75, 3.05) is 5.32 Å². The van der Waals surface area contributed by atoms with Gasteiger partial charge in [0.2, 0.25) is 16.0 Å². The van der Waals surface area contributed by atoms with Crippen LogP contribution >= 0.6 is 11.3 Å². The van der Waals surface area contributed by atoms with E-state index in [1.54, 1.807) is 12.1 Å². The van der Waals surface area contributed by atoms with Gasteiger partial charge >= 0.3 is 0 Å². The smallest absolute Gasteiger partial charge is 0.236 e. The van der Waals surface area contributed by atoms with Crippen LogP contribution < -0.4 is 5.32 Å². The first-order chi connectivity index (χ1) is 10.4. The molecule has 1 aromatic carbocycles. The maximum atomic E-state index is 12.5. The number of hydrogen-bond donors (Lipinski definition) is 2. The summed E-state index contributed by atoms with van der Waals surface area (Å²) < 4.78 is 1.52. The number of anilines is 1. The summed E-state index contributed by atoms with van der Waals surface area (Å²) in [5.74, 6) is 0.0938. The Kier molecular flexibility index (Phi) is 3.53. The Morgan fingerprint density at radius 2 is 2.09 bits per heavy atom. The number of amides is 1. The number of benzene rings is 1. The van der Waals surface area contributed by atoms with Crippen molar-refractivity contribution in [1.82, 2.24) is 19.8 Å². The molecule has 3 aromatic rings. The van der Waals surface area contributed by atoms with Crippen LogP contribution in [0.2, 0.25) is 0 Å². The molecule has 7 nitrogen and oxygen atoms in total. The number of fused-ring (bicyclic) bond motifs is 1. The van der Waals surface area contributed by atoms with Gasteiger partial charge in [-0.15, -0.1) is 15.3 Å². The SMILES string of the molecule is CC(C)(Cc1ccc(O)cc1)C(=O)Nc1nn2cnnc2s1. The van der Waals surface area contributed by atoms with Gasteiger partial charge in [0.15, 0.2) is 0 Å². The first kappa shape index (κ1) is 14.5. The van der Waals surface area contributed by atoms with E-state index < -0.39 is 5.41 Å². The predicted octanol–water partition coefficient (Wildman–Crippen LogP) is 2.10. The first-order valence-electron chi connectivity index (χ1n) is 6.70. The molecule has 0 bridgehead atoms. The topological polar surface area (TPSA) is 92.4 Å². The molecule has 114 valence electrons. The normalized spacial score (nSPS) is 11.7. The largest absolute Gasteiger partial charge is 0.508 e. The third-order valence-electron chi connectivity index (χ3n) is 3.30. The standard InChI is InChI=1S/C14H15N5O2S/c1-14(2,7-9-3-5-10(20)6-4-9)11(21)16-12-18-19-8-15-17-13(19)22-12/h3-6,8,20H,7H2,1-2H3,(H,16,18,21). The van der Waals surface area contributed by atoms with Crippen molar-refractivity contribution in [3.8, 4) is 5.75 Å². The molecule has 2 heterocycles. The highest BCUT2D eigenvalue weighted by Crippen LogP contribution is 2.26. The lowest BCUT2D eigenvalue weighted by atomic mass is 9.85. The number of phenols is 1. The van der Waals surface area contributed by atoms with Crippen molar-refractivity contribution in [3.05, 3.63) is 36.2 Å². The molecule has 0 saturated carbocycles. The summed E-state index contributed by atoms with van der Waals surface area (Å²) in [6.07, 6.45) is 2.05. The minimum absolute atomic E-state index is 0.120. The molecule has 22 heavy (non-hydrogen) atoms. The first-order valence-corrected chi connectivity index (χ1v) is 7.52. The number of nitrogens with zero attached hydrogens (tertiary/aromatic N) is 4. The van der Waals surface area contributed by atoms with Gasteiger partial charge in [-0.05, 0) is 24.1 Å². The van der Waals surface area contributed by atoms with Crippen LogP contribution in [0.3, 0.4) is 0 Å². The van der Waals surface area contributed by atoms with Crippen LogP contribution in [0.5, 0.6) is 5.75 Å². The zero-order valence-electron chi connectivity index (χ0n) is 12.1. The molecule has 2 N–H and O–H groups in total. The number of phenolic OH excluding ortho intramolecular Hbond substituents is 1. The van der Waals surface area contributed by atoms with Crippen LogP contribution in [-0.2, 0) is 11.2 Å². The highest BCUT2D eigenvalue weighted by atomic mass is 32.1. The zero-order valence-corrected chi connectivity index (χ0v) is 13.0. The van der Waals surface area contributed by atoms with Gasteiger partial charge in [-0.25, -0.2) is 0 Å². The van der Waals surface area contributed by atoms with Crippen molar-refractivity contribution in [2.45, 2.75) is 20.3 Å². The van der Waals surface area contributed by atoms with Gasteiger partial charge in [0.05, 0.1) is 0 Å². The fraction of sp³-hybridized carbons (Fsp3) is 0.286. The lowest BCUT2D eigenvalue weighted by Crippen LogP contribution is -2.32. The number of rotatable bonds is 4. The van der Waals surface area contributed by atoms with E-state index >= 15 is 0 Å². The third-order valence-corrected chi connectivity index (χ3v) is 4.13. The molecule has 0 saturated heterocycles. The van der Waals surface area contributed by atoms with Gasteiger partial charge in [0, 0.05) is 5.41 Å². The zero-order chi connectivity index (χ0) is 15.7. The Morgan fingerprint density at radius 1 is 1.36 bits per heavy atom. The average Bonchev–Trinajstić information content (AvgIpc) is 3.02. The van der Waals surface area contributed by atoms with E-state index in [2.05, 4.69) is 20.6 Å². The van der Waals surface area contributed by atoms with Crippen molar-refractivity contribution < 1.29 is 9.90 Å². The summed E-state index contributed by atoms with van der Waals surface area (Å²) in [6.45, 7) is 3.74. The molecular weight excluding hydrogens is 302 g/mol. The maximum Gasteiger partial charge on any atom is 0.236 e. The van der Waals surface area contributed by atoms with Gasteiger partial charge in [-0.2, -0.15) is 4.52 Å². The van der Waals surface area contributed by atoms with Gasteiger partial charge in [-0.1, -0.05) is 37.3 Å². The summed E-state index contributed by atoms with van der Waals surface area (Å²) >= 11 is 1.27. The number of hydrogen-bond acceptors (Lipinski definition) is 6. The quantitative estimate of drug-likeness (QED) is 0.769. The van der Waals surface area contributed by atoms with E-state index in [1.165, 1.54) is 22.2 Å². The minimum Gasteiger partial charge on any atom is -0.508 e. The molecule has 1 amide bonds. The average molecular weight is 317 g/mol. The molecule has 0 radical (unpaired) electrons. The molecule has 0 spiro atoms. The number of aromatic nitrogens is 4. The number of carbonyl (C=O) groups excluding carboxylic acids is 1. The molecule has 0 aliphatic heterocycles. The highest BCUT2D eigenvalue weighted by Gasteiger charge is 2.29. The van der Waals surface area contributed by atoms with E-state index in [9.17, 15) is 9.90 Å². The van der Waals surface area contributed by atoms with Crippen LogP contribution in [-0.4, -0.2) is 30.8 Å². The third kappa shape index (κ3) is 2.91. The molecular formula is C14H15N5O2S. The monoisotopic (exact) mass is 317 g/mol. The van der Waals surface area contributed by atoms with E-state index in [1.807, 2.05) is 26.0 Å². The Labute approximate surface area is 130 Å². The molecule has 0 aliphatic carbocycles. The predicted molar refractivity (Wildman–Crippen MR) is 82.9 cm³/mol. The number of carbonyl (C=O) groups is 1. The number of nitrogens with one attached hydrogen (secondary N) is 1. The van der Waals surface area contributed by atoms with Crippen LogP contribution in [0.4, 0.5) is 5.13 Å². The molecule has 2 aromatic heterocycles. The van der Waals surface area contributed by atoms with Crippen LogP contribution in [0.25, 0.3) is 4.96 Å². The van der Waals surface area contributed by atoms with Crippen molar-refractivity contribution in [3.63, 3.8) is 0 Å². The molecule has 0 aliphatic rings. The van der Waals surface area contributed by atoms with Gasteiger partial charge < -0.3 is 10.4 Å². The lowest BCUT2D eigenvalue weighted by Gasteiger charge is -2.22. The molecule has 0 fully saturated rings. The van der Waals surface area contributed by atoms with Crippen molar-refractivity contribution in [1.29, 1.82) is 0 Å². The maximum absolute atomic E-state index is 12.5. The van der Waals surface area contributed by atoms with E-state index in [-0.39, 0.29) is 11.7 Å². The summed E-state index contributed by atoms with van der Waals surface area (Å²) in [4.78, 5) is 13.1. The van der Waals surface area contributed by atoms with E-state index in [0.29, 0.717) is 16.5 Å². The summed E-state index contributed by atoms with van der Waals surface area (Å²) in [5, 5.41) is 24.4. The van der Waals surface area contributed by atoms with Gasteiger partial charge in [0.1, 0.15) is 12.1 Å². The van der Waals surface area contributed by atoms with Crippen LogP contribution in [0, 0.1) is 5.41 Å². The number of aromatic hydroxyl groups is 1. The Balaban J connectivity index is 1.71. The minimum atomic E-state index is -0.608. The second-order valence-corrected chi connectivity index (χ2v) is 6.60. The highest BCUT2D eigenvalue weighted by molar-refractivity contribution is 7.20. The lowest BCUT2D eigenvalue weighted by molar-refractivity contribution is -0.123. The summed E-state index contributed by atoms with van der Waals surface area (Å²) in [5.41, 5.74) is 0.374. The molecule has 0 atom stereocenters. The van der Waals surface area contributed by atoms with E-state index in [4.69, 9.17) is 0 Å². The second kappa shape index (κ2) is 5.38. The fourth-order valence-electron chi connectivity index (χ4n) is 2.08. The van der Waals surface area contributed by atoms with E-state index in [0.717, 1.165) is 5.56 Å². The Bertz CT molecular complexity index is 778. The van der Waals surface area contributed by atoms with Crippen molar-refractivity contribution in [2.24, 2.45) is 5.41 Å². The van der Waals surface area contributed by atoms with Crippen LogP contribution in [0.1, 0.15) is 19.4 Å². The summed E-state index contributed by atoms with van der Waals surface area (Å²) in [7, 11) is 0. The molecule has 0 unspecified atom stereocenters. The van der Waals surface area contributed by atoms with Crippen molar-refractivity contribution >= 4 is 27.3 Å². The Morgan fingerprint density at radius 3 is 2.77 bits per heavy atom. The second-order valence-electron chi connectivity index (χ2n) is 5.65.